The molecule has 0 spiro atoms. The molecule has 6 nitrogen and oxygen atoms in total. The first-order valence-electron chi connectivity index (χ1n) is 6.79. The lowest BCUT2D eigenvalue weighted by atomic mass is 9.85. The van der Waals surface area contributed by atoms with Gasteiger partial charge in [0.05, 0.1) is 0 Å². The van der Waals surface area contributed by atoms with Crippen LogP contribution in [-0.2, 0) is 9.53 Å². The molecule has 0 radical (unpaired) electrons. The number of alkyl carbamates (subject to hydrolysis) is 1. The number of ether oxygens (including phenoxy) is 1. The third kappa shape index (κ3) is 3.59. The van der Waals surface area contributed by atoms with Crippen LogP contribution >= 0.6 is 0 Å². The molecule has 0 aromatic heterocycles. The quantitative estimate of drug-likeness (QED) is 0.769. The van der Waals surface area contributed by atoms with Gasteiger partial charge in [-0.1, -0.05) is 0 Å². The number of nitrogens with zero attached hydrogens (tertiary/aromatic N) is 1. The fourth-order valence-corrected chi connectivity index (χ4v) is 2.55. The molecule has 1 atom stereocenters. The molecule has 1 heterocycles. The highest BCUT2D eigenvalue weighted by molar-refractivity contribution is 5.79. The second-order valence-corrected chi connectivity index (χ2v) is 6.48. The van der Waals surface area contributed by atoms with Crippen LogP contribution in [0.3, 0.4) is 0 Å². The molecule has 1 aliphatic carbocycles. The van der Waals surface area contributed by atoms with Crippen molar-refractivity contribution in [2.24, 2.45) is 5.73 Å². The van der Waals surface area contributed by atoms with Crippen molar-refractivity contribution in [1.29, 1.82) is 0 Å². The zero-order valence-electron chi connectivity index (χ0n) is 11.8. The summed E-state index contributed by atoms with van der Waals surface area (Å²) in [6.45, 7) is 6.14. The van der Waals surface area contributed by atoms with Gasteiger partial charge in [-0.25, -0.2) is 4.79 Å². The van der Waals surface area contributed by atoms with E-state index < -0.39 is 5.60 Å². The summed E-state index contributed by atoms with van der Waals surface area (Å²) in [5.74, 6) is 0.133. The predicted octanol–water partition coefficient (Wildman–Crippen LogP) is 0.602. The van der Waals surface area contributed by atoms with E-state index in [9.17, 15) is 9.59 Å². The van der Waals surface area contributed by atoms with Gasteiger partial charge in [-0.3, -0.25) is 4.79 Å². The van der Waals surface area contributed by atoms with Crippen LogP contribution in [0.25, 0.3) is 0 Å². The van der Waals surface area contributed by atoms with Gasteiger partial charge in [-0.2, -0.15) is 0 Å². The van der Waals surface area contributed by atoms with E-state index in [1.165, 1.54) is 0 Å². The van der Waals surface area contributed by atoms with Crippen molar-refractivity contribution in [3.8, 4) is 0 Å². The first-order valence-corrected chi connectivity index (χ1v) is 6.79. The van der Waals surface area contributed by atoms with E-state index in [0.29, 0.717) is 13.0 Å². The summed E-state index contributed by atoms with van der Waals surface area (Å²) in [5, 5.41) is 2.82. The predicted molar refractivity (Wildman–Crippen MR) is 70.5 cm³/mol. The number of hydrogen-bond acceptors (Lipinski definition) is 4. The average Bonchev–Trinajstić information content (AvgIpc) is 2.47. The van der Waals surface area contributed by atoms with E-state index in [1.54, 1.807) is 0 Å². The Morgan fingerprint density at radius 2 is 2.05 bits per heavy atom. The van der Waals surface area contributed by atoms with Crippen LogP contribution in [0.2, 0.25) is 0 Å². The first-order chi connectivity index (χ1) is 8.74. The van der Waals surface area contributed by atoms with Crippen molar-refractivity contribution in [1.82, 2.24) is 10.2 Å². The lowest BCUT2D eigenvalue weighted by Gasteiger charge is -2.41. The Hall–Kier alpha value is -1.30. The number of hydrogen-bond donors (Lipinski definition) is 2. The highest BCUT2D eigenvalue weighted by Crippen LogP contribution is 2.29. The number of carbonyl (C=O) groups is 2. The van der Waals surface area contributed by atoms with E-state index in [0.717, 1.165) is 12.8 Å². The molecule has 1 aliphatic heterocycles. The Labute approximate surface area is 113 Å². The van der Waals surface area contributed by atoms with Crippen molar-refractivity contribution in [3.63, 3.8) is 0 Å². The van der Waals surface area contributed by atoms with Crippen LogP contribution in [0.5, 0.6) is 0 Å². The molecule has 0 bridgehead atoms. The fourth-order valence-electron chi connectivity index (χ4n) is 2.55. The van der Waals surface area contributed by atoms with Gasteiger partial charge < -0.3 is 20.7 Å². The van der Waals surface area contributed by atoms with E-state index in [4.69, 9.17) is 10.5 Å². The number of amides is 2. The third-order valence-corrected chi connectivity index (χ3v) is 3.46. The molecule has 3 N–H and O–H groups in total. The molecule has 108 valence electrons. The Morgan fingerprint density at radius 3 is 2.53 bits per heavy atom. The Balaban J connectivity index is 1.72. The summed E-state index contributed by atoms with van der Waals surface area (Å²) >= 11 is 0. The van der Waals surface area contributed by atoms with Crippen LogP contribution in [-0.4, -0.2) is 47.2 Å². The smallest absolute Gasteiger partial charge is 0.407 e. The standard InChI is InChI=1S/C13H23N3O3/c1-13(2,3)19-12(18)15-9-5-10(6-9)16-7-8(14)4-11(16)17/h8-10H,4-7,14H2,1-3H3,(H,15,18)/t8?,9-,10-. The molecule has 1 saturated heterocycles. The molecule has 6 heteroatoms. The summed E-state index contributed by atoms with van der Waals surface area (Å²) < 4.78 is 5.19. The highest BCUT2D eigenvalue weighted by Gasteiger charge is 2.40. The second-order valence-electron chi connectivity index (χ2n) is 6.48. The van der Waals surface area contributed by atoms with Crippen LogP contribution < -0.4 is 11.1 Å². The number of rotatable bonds is 2. The lowest BCUT2D eigenvalue weighted by molar-refractivity contribution is -0.131. The van der Waals surface area contributed by atoms with Gasteiger partial charge >= 0.3 is 6.09 Å². The van der Waals surface area contributed by atoms with E-state index in [-0.39, 0.29) is 30.1 Å². The zero-order valence-corrected chi connectivity index (χ0v) is 11.8. The Kier molecular flexibility index (Phi) is 3.71. The summed E-state index contributed by atoms with van der Waals surface area (Å²) in [6.07, 6.45) is 1.64. The minimum Gasteiger partial charge on any atom is -0.444 e. The van der Waals surface area contributed by atoms with Crippen molar-refractivity contribution >= 4 is 12.0 Å². The van der Waals surface area contributed by atoms with Gasteiger partial charge in [-0.15, -0.1) is 0 Å². The molecule has 2 fully saturated rings. The van der Waals surface area contributed by atoms with Gasteiger partial charge in [-0.05, 0) is 33.6 Å². The largest absolute Gasteiger partial charge is 0.444 e. The molecule has 2 aliphatic rings. The molecular formula is C13H23N3O3. The Bertz CT molecular complexity index is 372. The monoisotopic (exact) mass is 269 g/mol. The molecule has 19 heavy (non-hydrogen) atoms. The SMILES string of the molecule is CC(C)(C)OC(=O)N[C@H]1C[C@H](N2CC(N)CC2=O)C1. The van der Waals surface area contributed by atoms with Crippen LogP contribution in [0.4, 0.5) is 4.79 Å². The van der Waals surface area contributed by atoms with E-state index in [2.05, 4.69) is 5.32 Å². The van der Waals surface area contributed by atoms with E-state index in [1.807, 2.05) is 25.7 Å². The number of carbonyl (C=O) groups excluding carboxylic acids is 2. The van der Waals surface area contributed by atoms with Crippen molar-refractivity contribution in [2.45, 2.75) is 63.8 Å². The van der Waals surface area contributed by atoms with E-state index >= 15 is 0 Å². The normalized spacial score (nSPS) is 31.1. The molecule has 0 aromatic rings. The Morgan fingerprint density at radius 1 is 1.42 bits per heavy atom. The van der Waals surface area contributed by atoms with Crippen LogP contribution in [0, 0.1) is 0 Å². The third-order valence-electron chi connectivity index (χ3n) is 3.46. The highest BCUT2D eigenvalue weighted by atomic mass is 16.6. The maximum Gasteiger partial charge on any atom is 0.407 e. The van der Waals surface area contributed by atoms with Crippen molar-refractivity contribution in [3.05, 3.63) is 0 Å². The lowest BCUT2D eigenvalue weighted by Crippen LogP contribution is -2.55. The second kappa shape index (κ2) is 5.00. The summed E-state index contributed by atoms with van der Waals surface area (Å²) in [5.41, 5.74) is 5.28. The van der Waals surface area contributed by atoms with Gasteiger partial charge in [0.15, 0.2) is 0 Å². The molecular weight excluding hydrogens is 246 g/mol. The summed E-state index contributed by atoms with van der Waals surface area (Å²) in [4.78, 5) is 25.1. The fraction of sp³-hybridized carbons (Fsp3) is 0.846. The number of likely N-dealkylation sites (tertiary alicyclic amines) is 1. The van der Waals surface area contributed by atoms with Gasteiger partial charge in [0, 0.05) is 31.1 Å². The molecule has 2 amide bonds. The number of nitrogens with two attached hydrogens (primary N) is 1. The molecule has 0 aromatic carbocycles. The summed E-state index contributed by atoms with van der Waals surface area (Å²) in [6, 6.07) is 0.288. The summed E-state index contributed by atoms with van der Waals surface area (Å²) in [7, 11) is 0. The van der Waals surface area contributed by atoms with Crippen molar-refractivity contribution < 1.29 is 14.3 Å². The van der Waals surface area contributed by atoms with Gasteiger partial charge in [0.2, 0.25) is 5.91 Å². The van der Waals surface area contributed by atoms with Crippen LogP contribution in [0.1, 0.15) is 40.0 Å². The van der Waals surface area contributed by atoms with Gasteiger partial charge in [0.25, 0.3) is 0 Å². The van der Waals surface area contributed by atoms with Gasteiger partial charge in [0.1, 0.15) is 5.60 Å². The first kappa shape index (κ1) is 14.1. The zero-order chi connectivity index (χ0) is 14.2. The van der Waals surface area contributed by atoms with Crippen molar-refractivity contribution in [2.75, 3.05) is 6.54 Å². The topological polar surface area (TPSA) is 84.7 Å². The minimum atomic E-state index is -0.481. The number of nitrogens with one attached hydrogen (secondary N) is 1. The van der Waals surface area contributed by atoms with Crippen LogP contribution in [0.15, 0.2) is 0 Å². The minimum absolute atomic E-state index is 0.0367. The molecule has 1 saturated carbocycles. The average molecular weight is 269 g/mol. The maximum absolute atomic E-state index is 11.7. The molecule has 2 rings (SSSR count). The molecule has 1 unspecified atom stereocenters. The maximum atomic E-state index is 11.7.